The van der Waals surface area contributed by atoms with Crippen LogP contribution < -0.4 is 0 Å². The summed E-state index contributed by atoms with van der Waals surface area (Å²) in [6, 6.07) is 0. The molecule has 2 amide bonds. The molecule has 2 unspecified atom stereocenters. The molecule has 1 heterocycles. The van der Waals surface area contributed by atoms with E-state index in [9.17, 15) is 14.4 Å². The van der Waals surface area contributed by atoms with E-state index in [1.54, 1.807) is 11.8 Å². The first-order valence-corrected chi connectivity index (χ1v) is 11.2. The number of nitrogens with zero attached hydrogens (tertiary/aromatic N) is 1. The Bertz CT molecular complexity index is 584. The van der Waals surface area contributed by atoms with E-state index in [0.717, 1.165) is 19.3 Å². The summed E-state index contributed by atoms with van der Waals surface area (Å²) in [6.45, 7) is 16.0. The molecule has 0 saturated carbocycles. The Kier molecular flexibility index (Phi) is 7.83. The molecule has 1 aliphatic rings. The van der Waals surface area contributed by atoms with Crippen LogP contribution in [0.2, 0.25) is 0 Å². The Hall–Kier alpha value is -0.775. The fraction of sp³-hybridized carbons (Fsp3) is 0.857. The van der Waals surface area contributed by atoms with Crippen LogP contribution in [0.15, 0.2) is 0 Å². The first-order valence-electron chi connectivity index (χ1n) is 10.3. The average Bonchev–Trinajstić information content (AvgIpc) is 2.87. The molecule has 0 aromatic heterocycles. The van der Waals surface area contributed by atoms with Crippen molar-refractivity contribution >= 4 is 37.2 Å². The number of thioether (sulfide) groups is 1. The number of imide groups is 1. The maximum absolute atomic E-state index is 13.1. The van der Waals surface area contributed by atoms with Gasteiger partial charge in [-0.15, -0.1) is 0 Å². The van der Waals surface area contributed by atoms with Crippen molar-refractivity contribution in [1.29, 1.82) is 0 Å². The van der Waals surface area contributed by atoms with Gasteiger partial charge in [0.25, 0.3) is 0 Å². The van der Waals surface area contributed by atoms with Crippen molar-refractivity contribution in [3.8, 4) is 0 Å². The Morgan fingerprint density at radius 1 is 1.15 bits per heavy atom. The minimum absolute atomic E-state index is 0.00909. The maximum Gasteiger partial charge on any atom is 0.243 e. The fourth-order valence-electron chi connectivity index (χ4n) is 3.87. The number of Topliss-reactive ketones (excluding diaryl/α,β-unsaturated/α-hetero) is 1. The third kappa shape index (κ3) is 5.39. The Morgan fingerprint density at radius 3 is 2.11 bits per heavy atom. The van der Waals surface area contributed by atoms with Crippen LogP contribution in [0.25, 0.3) is 0 Å². The van der Waals surface area contributed by atoms with Gasteiger partial charge in [-0.3, -0.25) is 19.3 Å². The maximum atomic E-state index is 13.1. The summed E-state index contributed by atoms with van der Waals surface area (Å²) >= 11 is 1.64. The minimum atomic E-state index is -0.656. The van der Waals surface area contributed by atoms with Crippen LogP contribution in [0.1, 0.15) is 87.5 Å². The molecule has 27 heavy (non-hydrogen) atoms. The molecule has 1 saturated heterocycles. The van der Waals surface area contributed by atoms with Gasteiger partial charge < -0.3 is 0 Å². The van der Waals surface area contributed by atoms with Gasteiger partial charge in [0.05, 0.1) is 5.25 Å². The highest BCUT2D eigenvalue weighted by atomic mass is 32.2. The van der Waals surface area contributed by atoms with Crippen molar-refractivity contribution in [1.82, 2.24) is 4.90 Å². The molecule has 0 spiro atoms. The summed E-state index contributed by atoms with van der Waals surface area (Å²) in [6.07, 6.45) is 3.48. The van der Waals surface area contributed by atoms with Crippen LogP contribution in [-0.2, 0) is 14.4 Å². The van der Waals surface area contributed by atoms with Gasteiger partial charge in [0.1, 0.15) is 13.6 Å². The normalized spacial score (nSPS) is 20.3. The van der Waals surface area contributed by atoms with Gasteiger partial charge >= 0.3 is 0 Å². The standard InChI is InChI=1S/C21H38BNO3S/c1-9-19(5,6)17(25)14(4)13-20(7,8)23-16(24)12-15(18(23)26)27-21(22,10-2)11-3/h14-15H,9-13,22H2,1-8H3. The van der Waals surface area contributed by atoms with Crippen LogP contribution in [-0.4, -0.2) is 45.8 Å². The topological polar surface area (TPSA) is 54.5 Å². The molecule has 0 aromatic rings. The highest BCUT2D eigenvalue weighted by Crippen LogP contribution is 2.41. The number of likely N-dealkylation sites (tertiary alicyclic amines) is 1. The summed E-state index contributed by atoms with van der Waals surface area (Å²) < 4.78 is 0.00909. The molecule has 2 atom stereocenters. The summed E-state index contributed by atoms with van der Waals surface area (Å²) in [5, 5.41) is -0.306. The molecule has 1 rings (SSSR count). The second-order valence-corrected chi connectivity index (χ2v) is 11.3. The van der Waals surface area contributed by atoms with E-state index in [2.05, 4.69) is 21.7 Å². The van der Waals surface area contributed by atoms with Crippen LogP contribution in [0.3, 0.4) is 0 Å². The van der Waals surface area contributed by atoms with E-state index < -0.39 is 5.54 Å². The second-order valence-electron chi connectivity index (χ2n) is 9.55. The zero-order valence-corrected chi connectivity index (χ0v) is 19.6. The van der Waals surface area contributed by atoms with Crippen molar-refractivity contribution < 1.29 is 14.4 Å². The van der Waals surface area contributed by atoms with Gasteiger partial charge in [-0.25, -0.2) is 0 Å². The molecular formula is C21H38BNO3S. The van der Waals surface area contributed by atoms with Crippen LogP contribution in [0.5, 0.6) is 0 Å². The Balaban J connectivity index is 2.95. The average molecular weight is 395 g/mol. The van der Waals surface area contributed by atoms with Crippen LogP contribution in [0, 0.1) is 11.3 Å². The predicted molar refractivity (Wildman–Crippen MR) is 117 cm³/mol. The Morgan fingerprint density at radius 2 is 1.67 bits per heavy atom. The third-order valence-corrected chi connectivity index (χ3v) is 8.24. The summed E-state index contributed by atoms with van der Waals surface area (Å²) in [5.41, 5.74) is -1.03. The molecule has 0 aromatic carbocycles. The lowest BCUT2D eigenvalue weighted by molar-refractivity contribution is -0.146. The van der Waals surface area contributed by atoms with E-state index in [1.807, 2.05) is 41.5 Å². The smallest absolute Gasteiger partial charge is 0.243 e. The molecule has 1 fully saturated rings. The molecule has 4 nitrogen and oxygen atoms in total. The number of hydrogen-bond acceptors (Lipinski definition) is 4. The highest BCUT2D eigenvalue weighted by Gasteiger charge is 2.48. The molecule has 6 heteroatoms. The minimum Gasteiger partial charge on any atom is -0.299 e. The number of hydrogen-bond donors (Lipinski definition) is 0. The first-order chi connectivity index (χ1) is 12.2. The van der Waals surface area contributed by atoms with Gasteiger partial charge in [-0.05, 0) is 44.2 Å². The number of amides is 2. The number of ketones is 1. The van der Waals surface area contributed by atoms with Crippen molar-refractivity contribution in [2.45, 2.75) is 103 Å². The van der Waals surface area contributed by atoms with Crippen LogP contribution >= 0.6 is 11.8 Å². The van der Waals surface area contributed by atoms with E-state index >= 15 is 0 Å². The molecule has 0 N–H and O–H groups in total. The van der Waals surface area contributed by atoms with Gasteiger partial charge in [0.2, 0.25) is 11.8 Å². The lowest BCUT2D eigenvalue weighted by atomic mass is 9.76. The van der Waals surface area contributed by atoms with Gasteiger partial charge in [-0.2, -0.15) is 11.8 Å². The number of carbonyl (C=O) groups is 3. The van der Waals surface area contributed by atoms with Crippen molar-refractivity contribution in [3.05, 3.63) is 0 Å². The van der Waals surface area contributed by atoms with Crippen molar-refractivity contribution in [2.24, 2.45) is 11.3 Å². The fourth-order valence-corrected chi connectivity index (χ4v) is 5.32. The third-order valence-electron chi connectivity index (χ3n) is 6.44. The van der Waals surface area contributed by atoms with Crippen molar-refractivity contribution in [2.75, 3.05) is 0 Å². The zero-order valence-electron chi connectivity index (χ0n) is 18.8. The molecule has 0 bridgehead atoms. The lowest BCUT2D eigenvalue weighted by Gasteiger charge is -2.38. The monoisotopic (exact) mass is 395 g/mol. The van der Waals surface area contributed by atoms with Gasteiger partial charge in [0, 0.05) is 23.3 Å². The molecule has 154 valence electrons. The molecule has 0 aliphatic carbocycles. The van der Waals surface area contributed by atoms with Crippen LogP contribution in [0.4, 0.5) is 0 Å². The molecular weight excluding hydrogens is 357 g/mol. The summed E-state index contributed by atoms with van der Waals surface area (Å²) in [5.74, 6) is -0.185. The van der Waals surface area contributed by atoms with Crippen molar-refractivity contribution in [3.63, 3.8) is 0 Å². The Labute approximate surface area is 171 Å². The molecule has 0 radical (unpaired) electrons. The van der Waals surface area contributed by atoms with E-state index in [-0.39, 0.29) is 45.2 Å². The second kappa shape index (κ2) is 8.71. The largest absolute Gasteiger partial charge is 0.299 e. The summed E-state index contributed by atoms with van der Waals surface area (Å²) in [7, 11) is 2.16. The first kappa shape index (κ1) is 24.3. The predicted octanol–water partition coefficient (Wildman–Crippen LogP) is 3.81. The SMILES string of the molecule is BC(CC)(CC)SC1CC(=O)N(C(C)(C)CC(C)C(=O)C(C)(C)CC)C1=O. The van der Waals surface area contributed by atoms with Gasteiger partial charge in [0.15, 0.2) is 0 Å². The lowest BCUT2D eigenvalue weighted by Crippen LogP contribution is -2.50. The van der Waals surface area contributed by atoms with Gasteiger partial charge in [-0.1, -0.05) is 41.5 Å². The zero-order chi connectivity index (χ0) is 21.2. The van der Waals surface area contributed by atoms with E-state index in [4.69, 9.17) is 0 Å². The quantitative estimate of drug-likeness (QED) is 0.417. The highest BCUT2D eigenvalue weighted by molar-refractivity contribution is 8.03. The van der Waals surface area contributed by atoms with E-state index in [1.165, 1.54) is 4.90 Å². The number of rotatable bonds is 10. The molecule has 1 aliphatic heterocycles. The number of carbonyl (C=O) groups excluding carboxylic acids is 3. The summed E-state index contributed by atoms with van der Waals surface area (Å²) in [4.78, 5) is 40.0. The van der Waals surface area contributed by atoms with E-state index in [0.29, 0.717) is 6.42 Å².